The second-order valence-electron chi connectivity index (χ2n) is 6.62. The Kier molecular flexibility index (Phi) is 5.59. The van der Waals surface area contributed by atoms with Gasteiger partial charge in [-0.1, -0.05) is 0 Å². The fourth-order valence-corrected chi connectivity index (χ4v) is 11.5. The first kappa shape index (κ1) is 19.9. The van der Waals surface area contributed by atoms with Crippen LogP contribution in [-0.2, 0) is 21.1 Å². The van der Waals surface area contributed by atoms with Crippen molar-refractivity contribution in [3.63, 3.8) is 0 Å². The Bertz CT molecular complexity index is 987. The first-order valence-electron chi connectivity index (χ1n) is 8.98. The molecule has 2 aromatic carbocycles. The van der Waals surface area contributed by atoms with E-state index in [1.165, 1.54) is 12.1 Å². The Hall–Kier alpha value is -2.40. The van der Waals surface area contributed by atoms with Gasteiger partial charge < -0.3 is 0 Å². The molecule has 0 heterocycles. The third-order valence-corrected chi connectivity index (χ3v) is 13.2. The van der Waals surface area contributed by atoms with Gasteiger partial charge in [-0.15, -0.1) is 0 Å². The summed E-state index contributed by atoms with van der Waals surface area (Å²) >= 11 is -4.63. The molecular weight excluding hydrogens is 463 g/mol. The van der Waals surface area contributed by atoms with Gasteiger partial charge in [0.25, 0.3) is 0 Å². The third kappa shape index (κ3) is 4.02. The van der Waals surface area contributed by atoms with Crippen LogP contribution >= 0.6 is 0 Å². The molecule has 0 fully saturated rings. The summed E-state index contributed by atoms with van der Waals surface area (Å²) < 4.78 is 69.7. The summed E-state index contributed by atoms with van der Waals surface area (Å²) in [4.78, 5) is 0. The van der Waals surface area contributed by atoms with E-state index in [1.54, 1.807) is 0 Å². The van der Waals surface area contributed by atoms with Crippen molar-refractivity contribution in [2.45, 2.75) is 12.8 Å². The molecule has 4 rings (SSSR count). The van der Waals surface area contributed by atoms with Crippen LogP contribution in [0.4, 0.5) is 17.6 Å². The van der Waals surface area contributed by atoms with Crippen molar-refractivity contribution in [2.75, 3.05) is 0 Å². The number of hydrogen-bond donors (Lipinski definition) is 0. The fourth-order valence-electron chi connectivity index (χ4n) is 3.30. The molecule has 0 aliphatic heterocycles. The van der Waals surface area contributed by atoms with E-state index in [-0.39, 0.29) is 11.5 Å². The first-order chi connectivity index (χ1) is 14.0. The number of benzene rings is 2. The summed E-state index contributed by atoms with van der Waals surface area (Å²) in [5.74, 6) is -3.52. The van der Waals surface area contributed by atoms with E-state index in [1.807, 2.05) is 36.5 Å². The first-order valence-corrected chi connectivity index (χ1v) is 13.4. The Balaban J connectivity index is 1.83. The quantitative estimate of drug-likeness (QED) is 0.448. The SMILES string of the molecule is Fc1ccc([O][Zr]([O]c2ccc(F)cc2F)([C]2=CC=CC2)[C]2=CC=CC2)c(F)c1. The van der Waals surface area contributed by atoms with Gasteiger partial charge in [-0.05, 0) is 0 Å². The van der Waals surface area contributed by atoms with Crippen molar-refractivity contribution < 1.29 is 44.3 Å². The van der Waals surface area contributed by atoms with Crippen LogP contribution in [-0.4, -0.2) is 0 Å². The van der Waals surface area contributed by atoms with Crippen LogP contribution in [0.25, 0.3) is 0 Å². The van der Waals surface area contributed by atoms with Crippen LogP contribution in [0.5, 0.6) is 11.5 Å². The molecular formula is C22H16F4O2Zr. The summed E-state index contributed by atoms with van der Waals surface area (Å²) in [7, 11) is 0. The van der Waals surface area contributed by atoms with Gasteiger partial charge in [-0.3, -0.25) is 0 Å². The van der Waals surface area contributed by atoms with Gasteiger partial charge >= 0.3 is 171 Å². The minimum absolute atomic E-state index is 0.162. The monoisotopic (exact) mass is 478 g/mol. The van der Waals surface area contributed by atoms with E-state index in [9.17, 15) is 17.6 Å². The van der Waals surface area contributed by atoms with Crippen molar-refractivity contribution >= 4 is 0 Å². The van der Waals surface area contributed by atoms with Crippen molar-refractivity contribution in [2.24, 2.45) is 0 Å². The van der Waals surface area contributed by atoms with E-state index in [0.717, 1.165) is 30.8 Å². The molecule has 2 aliphatic rings. The molecule has 0 radical (unpaired) electrons. The van der Waals surface area contributed by atoms with Gasteiger partial charge in [0.05, 0.1) is 0 Å². The summed E-state index contributed by atoms with van der Waals surface area (Å²) in [5.41, 5.74) is 0. The van der Waals surface area contributed by atoms with Gasteiger partial charge in [0.15, 0.2) is 0 Å². The predicted molar refractivity (Wildman–Crippen MR) is 97.7 cm³/mol. The van der Waals surface area contributed by atoms with Crippen LogP contribution in [0, 0.1) is 23.3 Å². The third-order valence-electron chi connectivity index (χ3n) is 4.68. The Morgan fingerprint density at radius 1 is 0.655 bits per heavy atom. The second-order valence-corrected chi connectivity index (χ2v) is 13.8. The molecule has 2 nitrogen and oxygen atoms in total. The van der Waals surface area contributed by atoms with Crippen molar-refractivity contribution in [1.82, 2.24) is 0 Å². The van der Waals surface area contributed by atoms with Gasteiger partial charge in [0.2, 0.25) is 0 Å². The van der Waals surface area contributed by atoms with Crippen molar-refractivity contribution in [3.8, 4) is 11.5 Å². The van der Waals surface area contributed by atoms with E-state index in [4.69, 9.17) is 5.63 Å². The zero-order valence-corrected chi connectivity index (χ0v) is 17.6. The maximum absolute atomic E-state index is 14.4. The maximum atomic E-state index is 14.4. The molecule has 29 heavy (non-hydrogen) atoms. The van der Waals surface area contributed by atoms with E-state index < -0.39 is 44.4 Å². The Labute approximate surface area is 171 Å². The van der Waals surface area contributed by atoms with E-state index in [2.05, 4.69) is 0 Å². The number of allylic oxidation sites excluding steroid dienone is 8. The predicted octanol–water partition coefficient (Wildman–Crippen LogP) is 6.37. The molecule has 0 spiro atoms. The molecule has 7 heteroatoms. The average Bonchev–Trinajstić information content (AvgIpc) is 3.39. The standard InChI is InChI=1S/2C6H4F2O.2C5H5.Zr/c2*7-4-1-2-6(9)5(8)3-4;2*1-2-4-5-3-1;/h2*1-3,9H;2*1-3H,4H2;/q;;;;+2/p-2. The van der Waals surface area contributed by atoms with Crippen LogP contribution in [0.1, 0.15) is 12.8 Å². The van der Waals surface area contributed by atoms with Gasteiger partial charge in [0.1, 0.15) is 0 Å². The van der Waals surface area contributed by atoms with Crippen LogP contribution in [0.2, 0.25) is 0 Å². The minimum atomic E-state index is -4.63. The topological polar surface area (TPSA) is 18.5 Å². The van der Waals surface area contributed by atoms with Gasteiger partial charge in [-0.2, -0.15) is 0 Å². The second kappa shape index (κ2) is 8.15. The Morgan fingerprint density at radius 2 is 1.10 bits per heavy atom. The number of halogens is 4. The van der Waals surface area contributed by atoms with Crippen LogP contribution in [0.3, 0.4) is 0 Å². The number of rotatable bonds is 6. The molecule has 0 amide bonds. The van der Waals surface area contributed by atoms with E-state index >= 15 is 0 Å². The average molecular weight is 480 g/mol. The van der Waals surface area contributed by atoms with Gasteiger partial charge in [-0.25, -0.2) is 0 Å². The molecule has 0 N–H and O–H groups in total. The normalized spacial score (nSPS) is 15.4. The summed E-state index contributed by atoms with van der Waals surface area (Å²) in [6, 6.07) is 6.05. The molecule has 2 aromatic rings. The molecule has 0 saturated heterocycles. The summed E-state index contributed by atoms with van der Waals surface area (Å²) in [6.45, 7) is 0. The zero-order valence-electron chi connectivity index (χ0n) is 15.2. The molecule has 2 aliphatic carbocycles. The number of hydrogen-bond acceptors (Lipinski definition) is 2. The molecule has 0 saturated carbocycles. The molecule has 0 aromatic heterocycles. The van der Waals surface area contributed by atoms with Gasteiger partial charge in [0, 0.05) is 0 Å². The van der Waals surface area contributed by atoms with Crippen molar-refractivity contribution in [1.29, 1.82) is 0 Å². The molecule has 0 atom stereocenters. The Morgan fingerprint density at radius 3 is 1.45 bits per heavy atom. The van der Waals surface area contributed by atoms with E-state index in [0.29, 0.717) is 12.8 Å². The molecule has 148 valence electrons. The fraction of sp³-hybridized carbons (Fsp3) is 0.0909. The van der Waals surface area contributed by atoms with Crippen molar-refractivity contribution in [3.05, 3.63) is 103 Å². The zero-order chi connectivity index (χ0) is 20.4. The molecule has 0 bridgehead atoms. The van der Waals surface area contributed by atoms with Crippen LogP contribution < -0.4 is 5.63 Å². The summed E-state index contributed by atoms with van der Waals surface area (Å²) in [5, 5.41) is 0. The summed E-state index contributed by atoms with van der Waals surface area (Å²) in [6.07, 6.45) is 12.2. The molecule has 0 unspecified atom stereocenters. The van der Waals surface area contributed by atoms with Crippen LogP contribution in [0.15, 0.2) is 79.4 Å².